The molecule has 0 aliphatic rings. The van der Waals surface area contributed by atoms with Gasteiger partial charge >= 0.3 is 0 Å². The molecule has 0 aliphatic carbocycles. The molecule has 0 saturated carbocycles. The van der Waals surface area contributed by atoms with Gasteiger partial charge < -0.3 is 5.11 Å². The molecule has 1 aromatic rings. The van der Waals surface area contributed by atoms with Crippen molar-refractivity contribution < 1.29 is 9.50 Å². The van der Waals surface area contributed by atoms with Crippen LogP contribution in [0.4, 0.5) is 4.39 Å². The zero-order chi connectivity index (χ0) is 11.6. The number of hydrogen-bond acceptors (Lipinski definition) is 1. The summed E-state index contributed by atoms with van der Waals surface area (Å²) < 4.78 is 13.6. The van der Waals surface area contributed by atoms with Crippen molar-refractivity contribution in [3.05, 3.63) is 35.1 Å². The molecule has 0 aliphatic heterocycles. The van der Waals surface area contributed by atoms with Crippen molar-refractivity contribution in [1.82, 2.24) is 0 Å². The molecular formula is C13H19FO. The number of benzene rings is 1. The zero-order valence-electron chi connectivity index (χ0n) is 9.84. The van der Waals surface area contributed by atoms with Crippen molar-refractivity contribution in [3.8, 4) is 0 Å². The molecule has 0 radical (unpaired) electrons. The first-order valence-electron chi connectivity index (χ1n) is 5.32. The SMILES string of the molecule is CC(C)Cc1ccc(C(C)(C)O)c(F)c1. The molecule has 2 heteroatoms. The standard InChI is InChI=1S/C13H19FO/c1-9(2)7-10-5-6-11(12(14)8-10)13(3,4)15/h5-6,8-9,15H,7H2,1-4H3. The Kier molecular flexibility index (Phi) is 3.50. The van der Waals surface area contributed by atoms with E-state index in [4.69, 9.17) is 0 Å². The smallest absolute Gasteiger partial charge is 0.129 e. The van der Waals surface area contributed by atoms with Crippen molar-refractivity contribution in [3.63, 3.8) is 0 Å². The molecule has 0 fully saturated rings. The third kappa shape index (κ3) is 3.31. The topological polar surface area (TPSA) is 20.2 Å². The lowest BCUT2D eigenvalue weighted by atomic mass is 9.94. The van der Waals surface area contributed by atoms with Gasteiger partial charge in [0, 0.05) is 5.56 Å². The van der Waals surface area contributed by atoms with Crippen LogP contribution >= 0.6 is 0 Å². The lowest BCUT2D eigenvalue weighted by molar-refractivity contribution is 0.0745. The first kappa shape index (κ1) is 12.2. The summed E-state index contributed by atoms with van der Waals surface area (Å²) in [6, 6.07) is 5.08. The highest BCUT2D eigenvalue weighted by molar-refractivity contribution is 5.28. The van der Waals surface area contributed by atoms with Crippen LogP contribution in [0.5, 0.6) is 0 Å². The van der Waals surface area contributed by atoms with Gasteiger partial charge in [0.2, 0.25) is 0 Å². The third-order valence-corrected chi connectivity index (χ3v) is 2.34. The van der Waals surface area contributed by atoms with Gasteiger partial charge in [-0.25, -0.2) is 4.39 Å². The number of rotatable bonds is 3. The van der Waals surface area contributed by atoms with E-state index in [2.05, 4.69) is 13.8 Å². The van der Waals surface area contributed by atoms with Crippen molar-refractivity contribution in [2.24, 2.45) is 5.92 Å². The fourth-order valence-corrected chi connectivity index (χ4v) is 1.65. The summed E-state index contributed by atoms with van der Waals surface area (Å²) in [6.45, 7) is 7.38. The Morgan fingerprint density at radius 2 is 1.93 bits per heavy atom. The Morgan fingerprint density at radius 3 is 2.33 bits per heavy atom. The van der Waals surface area contributed by atoms with Crippen LogP contribution in [0, 0.1) is 11.7 Å². The minimum atomic E-state index is -1.11. The fraction of sp³-hybridized carbons (Fsp3) is 0.538. The Morgan fingerprint density at radius 1 is 1.33 bits per heavy atom. The molecule has 0 heterocycles. The van der Waals surface area contributed by atoms with E-state index in [1.807, 2.05) is 6.07 Å². The second-order valence-corrected chi connectivity index (χ2v) is 4.97. The van der Waals surface area contributed by atoms with Crippen LogP contribution in [0.2, 0.25) is 0 Å². The third-order valence-electron chi connectivity index (χ3n) is 2.34. The van der Waals surface area contributed by atoms with E-state index in [0.717, 1.165) is 12.0 Å². The highest BCUT2D eigenvalue weighted by Crippen LogP contribution is 2.24. The first-order chi connectivity index (χ1) is 6.80. The van der Waals surface area contributed by atoms with Crippen LogP contribution in [0.3, 0.4) is 0 Å². The Bertz CT molecular complexity index is 337. The molecule has 1 N–H and O–H groups in total. The zero-order valence-corrected chi connectivity index (χ0v) is 9.84. The molecule has 84 valence electrons. The quantitative estimate of drug-likeness (QED) is 0.812. The van der Waals surface area contributed by atoms with Gasteiger partial charge in [-0.2, -0.15) is 0 Å². The highest BCUT2D eigenvalue weighted by atomic mass is 19.1. The Balaban J connectivity index is 2.99. The largest absolute Gasteiger partial charge is 0.386 e. The first-order valence-corrected chi connectivity index (χ1v) is 5.32. The van der Waals surface area contributed by atoms with E-state index in [1.54, 1.807) is 19.9 Å². The maximum atomic E-state index is 13.6. The van der Waals surface area contributed by atoms with Crippen LogP contribution in [-0.4, -0.2) is 5.11 Å². The molecule has 1 rings (SSSR count). The predicted molar refractivity (Wildman–Crippen MR) is 60.2 cm³/mol. The minimum absolute atomic E-state index is 0.319. The second kappa shape index (κ2) is 4.31. The Hall–Kier alpha value is -0.890. The van der Waals surface area contributed by atoms with E-state index in [-0.39, 0.29) is 5.82 Å². The summed E-state index contributed by atoms with van der Waals surface area (Å²) in [5, 5.41) is 9.70. The lowest BCUT2D eigenvalue weighted by Crippen LogP contribution is -2.17. The average molecular weight is 210 g/mol. The van der Waals surface area contributed by atoms with Crippen LogP contribution in [0.1, 0.15) is 38.8 Å². The number of hydrogen-bond donors (Lipinski definition) is 1. The van der Waals surface area contributed by atoms with Crippen molar-refractivity contribution >= 4 is 0 Å². The normalized spacial score (nSPS) is 12.2. The average Bonchev–Trinajstić information content (AvgIpc) is 1.99. The van der Waals surface area contributed by atoms with Crippen molar-refractivity contribution in [2.75, 3.05) is 0 Å². The van der Waals surface area contributed by atoms with E-state index in [1.165, 1.54) is 6.07 Å². The summed E-state index contributed by atoms with van der Waals surface area (Å²) in [5.41, 5.74) is 0.228. The molecule has 1 aromatic carbocycles. The molecule has 0 spiro atoms. The van der Waals surface area contributed by atoms with Gasteiger partial charge in [-0.05, 0) is 37.8 Å². The van der Waals surface area contributed by atoms with E-state index < -0.39 is 5.60 Å². The molecule has 0 amide bonds. The molecule has 0 saturated heterocycles. The van der Waals surface area contributed by atoms with Gasteiger partial charge in [-0.3, -0.25) is 0 Å². The molecule has 0 aromatic heterocycles. The maximum Gasteiger partial charge on any atom is 0.129 e. The number of aliphatic hydroxyl groups is 1. The van der Waals surface area contributed by atoms with Crippen LogP contribution in [-0.2, 0) is 12.0 Å². The van der Waals surface area contributed by atoms with Crippen LogP contribution < -0.4 is 0 Å². The van der Waals surface area contributed by atoms with Gasteiger partial charge in [0.15, 0.2) is 0 Å². The Labute approximate surface area is 90.9 Å². The summed E-state index contributed by atoms with van der Waals surface area (Å²) >= 11 is 0. The maximum absolute atomic E-state index is 13.6. The summed E-state index contributed by atoms with van der Waals surface area (Å²) in [7, 11) is 0. The van der Waals surface area contributed by atoms with Crippen molar-refractivity contribution in [2.45, 2.75) is 39.7 Å². The molecule has 0 unspecified atom stereocenters. The summed E-state index contributed by atoms with van der Waals surface area (Å²) in [6.07, 6.45) is 0.864. The van der Waals surface area contributed by atoms with Gasteiger partial charge in [0.25, 0.3) is 0 Å². The molecule has 15 heavy (non-hydrogen) atoms. The lowest BCUT2D eigenvalue weighted by Gasteiger charge is -2.19. The molecule has 1 nitrogen and oxygen atoms in total. The van der Waals surface area contributed by atoms with Gasteiger partial charge in [-0.15, -0.1) is 0 Å². The monoisotopic (exact) mass is 210 g/mol. The summed E-state index contributed by atoms with van der Waals surface area (Å²) in [5.74, 6) is 0.193. The van der Waals surface area contributed by atoms with Gasteiger partial charge in [-0.1, -0.05) is 26.0 Å². The molecule has 0 bridgehead atoms. The minimum Gasteiger partial charge on any atom is -0.386 e. The number of halogens is 1. The molecule has 0 atom stereocenters. The second-order valence-electron chi connectivity index (χ2n) is 4.97. The summed E-state index contributed by atoms with van der Waals surface area (Å²) in [4.78, 5) is 0. The van der Waals surface area contributed by atoms with Crippen LogP contribution in [0.15, 0.2) is 18.2 Å². The van der Waals surface area contributed by atoms with E-state index in [0.29, 0.717) is 11.5 Å². The van der Waals surface area contributed by atoms with E-state index >= 15 is 0 Å². The van der Waals surface area contributed by atoms with Gasteiger partial charge in [0.05, 0.1) is 5.60 Å². The fourth-order valence-electron chi connectivity index (χ4n) is 1.65. The van der Waals surface area contributed by atoms with E-state index in [9.17, 15) is 9.50 Å². The van der Waals surface area contributed by atoms with Crippen LogP contribution in [0.25, 0.3) is 0 Å². The molecular weight excluding hydrogens is 191 g/mol. The highest BCUT2D eigenvalue weighted by Gasteiger charge is 2.20. The van der Waals surface area contributed by atoms with Crippen molar-refractivity contribution in [1.29, 1.82) is 0 Å². The predicted octanol–water partition coefficient (Wildman–Crippen LogP) is 3.25. The van der Waals surface area contributed by atoms with Gasteiger partial charge in [0.1, 0.15) is 5.82 Å².